The number of anilines is 6. The molecule has 0 aliphatic heterocycles. The van der Waals surface area contributed by atoms with Crippen LogP contribution in [-0.2, 0) is 0 Å². The molecule has 2 aromatic heterocycles. The second kappa shape index (κ2) is 20.9. The molecule has 0 N–H and O–H groups in total. The van der Waals surface area contributed by atoms with E-state index in [2.05, 4.69) is 257 Å². The van der Waals surface area contributed by atoms with Gasteiger partial charge in [0.2, 0.25) is 0 Å². The van der Waals surface area contributed by atoms with Gasteiger partial charge in [-0.1, -0.05) is 146 Å². The van der Waals surface area contributed by atoms with Crippen molar-refractivity contribution < 1.29 is 0 Å². The van der Waals surface area contributed by atoms with Crippen LogP contribution in [0.4, 0.5) is 34.1 Å². The van der Waals surface area contributed by atoms with E-state index >= 15 is 0 Å². The van der Waals surface area contributed by atoms with Crippen molar-refractivity contribution >= 4 is 55.9 Å². The van der Waals surface area contributed by atoms with E-state index in [1.54, 1.807) is 24.3 Å². The number of nitriles is 2. The SMILES string of the molecule is N#Cc1ccc(-c2cc(-c3ccc(-c4ccc(-c5ccc(-n6c7ccc(N(c8ccccc8)c8ccccc8)cc7c7cc(N(c8ccccc8)c8ccccc8)ccc76)cc5)cc4)cc3)nc(-c3ccc(C#N)cc3)n2)cc1. The normalized spacial score (nSPS) is 11.0. The third-order valence-electron chi connectivity index (χ3n) is 14.5. The highest BCUT2D eigenvalue weighted by atomic mass is 15.1. The summed E-state index contributed by atoms with van der Waals surface area (Å²) in [6, 6.07) is 103. The molecule has 0 unspecified atom stereocenters. The van der Waals surface area contributed by atoms with E-state index in [0.29, 0.717) is 17.0 Å². The Hall–Kier alpha value is -11.1. The molecular weight excluding hydrogens is 963 g/mol. The molecule has 0 spiro atoms. The Kier molecular flexibility index (Phi) is 12.6. The number of rotatable bonds is 12. The highest BCUT2D eigenvalue weighted by molar-refractivity contribution is 6.12. The molecule has 7 heteroatoms. The molecule has 0 saturated heterocycles. The Bertz CT molecular complexity index is 4080. The van der Waals surface area contributed by atoms with Crippen LogP contribution < -0.4 is 9.80 Å². The van der Waals surface area contributed by atoms with E-state index < -0.39 is 0 Å². The molecule has 0 bridgehead atoms. The molecule has 0 saturated carbocycles. The Balaban J connectivity index is 0.835. The van der Waals surface area contributed by atoms with Crippen molar-refractivity contribution in [1.82, 2.24) is 14.5 Å². The van der Waals surface area contributed by atoms with Crippen LogP contribution in [0, 0.1) is 22.7 Å². The van der Waals surface area contributed by atoms with Crippen LogP contribution >= 0.6 is 0 Å². The molecular formula is C72H47N7. The summed E-state index contributed by atoms with van der Waals surface area (Å²) in [4.78, 5) is 14.6. The summed E-state index contributed by atoms with van der Waals surface area (Å²) >= 11 is 0. The molecule has 13 aromatic rings. The molecule has 0 atom stereocenters. The summed E-state index contributed by atoms with van der Waals surface area (Å²) < 4.78 is 2.39. The first-order valence-electron chi connectivity index (χ1n) is 26.2. The predicted molar refractivity (Wildman–Crippen MR) is 322 cm³/mol. The van der Waals surface area contributed by atoms with E-state index in [1.165, 1.54) is 0 Å². The Morgan fingerprint density at radius 1 is 0.291 bits per heavy atom. The maximum Gasteiger partial charge on any atom is 0.160 e. The van der Waals surface area contributed by atoms with Crippen molar-refractivity contribution in [3.63, 3.8) is 0 Å². The van der Waals surface area contributed by atoms with E-state index in [1.807, 2.05) is 30.3 Å². The maximum absolute atomic E-state index is 9.42. The van der Waals surface area contributed by atoms with Gasteiger partial charge in [-0.15, -0.1) is 0 Å². The first-order valence-corrected chi connectivity index (χ1v) is 26.2. The lowest BCUT2D eigenvalue weighted by molar-refractivity contribution is 1.18. The lowest BCUT2D eigenvalue weighted by atomic mass is 9.98. The zero-order valence-electron chi connectivity index (χ0n) is 42.8. The fraction of sp³-hybridized carbons (Fsp3) is 0. The zero-order chi connectivity index (χ0) is 53.1. The zero-order valence-corrected chi connectivity index (χ0v) is 42.8. The van der Waals surface area contributed by atoms with Crippen molar-refractivity contribution in [3.8, 4) is 74.0 Å². The second-order valence-electron chi connectivity index (χ2n) is 19.3. The molecule has 13 rings (SSSR count). The summed E-state index contributed by atoms with van der Waals surface area (Å²) in [6.45, 7) is 0. The van der Waals surface area contributed by atoms with Crippen molar-refractivity contribution in [2.24, 2.45) is 0 Å². The highest BCUT2D eigenvalue weighted by Gasteiger charge is 2.21. The average molecular weight is 1010 g/mol. The standard InChI is InChI=1S/C72H47N7/c73-48-50-21-25-56(26-22-50)68-47-69(76-72(75-68)58-27-23-51(49-74)24-28-58)57-35-33-54(34-36-57)52-29-31-53(32-30-52)55-37-39-63(40-38-55)79-70-43-41-64(77(59-13-5-1-6-14-59)60-15-7-2-8-16-60)45-66(70)67-46-65(42-44-71(67)79)78(61-17-9-3-10-18-61)62-19-11-4-12-20-62/h1-47H. The molecule has 11 aromatic carbocycles. The number of aromatic nitrogens is 3. The number of benzene rings is 11. The molecule has 0 amide bonds. The Labute approximate surface area is 458 Å². The maximum atomic E-state index is 9.42. The van der Waals surface area contributed by atoms with Gasteiger partial charge >= 0.3 is 0 Å². The smallest absolute Gasteiger partial charge is 0.160 e. The minimum atomic E-state index is 0.552. The fourth-order valence-corrected chi connectivity index (χ4v) is 10.5. The monoisotopic (exact) mass is 1010 g/mol. The second-order valence-corrected chi connectivity index (χ2v) is 19.3. The first kappa shape index (κ1) is 47.6. The van der Waals surface area contributed by atoms with Gasteiger partial charge in [0.05, 0.1) is 45.7 Å². The minimum Gasteiger partial charge on any atom is -0.310 e. The lowest BCUT2D eigenvalue weighted by Crippen LogP contribution is -2.09. The van der Waals surface area contributed by atoms with Crippen LogP contribution in [0.3, 0.4) is 0 Å². The van der Waals surface area contributed by atoms with Crippen LogP contribution in [-0.4, -0.2) is 14.5 Å². The number of fused-ring (bicyclic) bond motifs is 3. The number of hydrogen-bond donors (Lipinski definition) is 0. The van der Waals surface area contributed by atoms with Crippen LogP contribution in [0.1, 0.15) is 11.1 Å². The predicted octanol–water partition coefficient (Wildman–Crippen LogP) is 18.6. The van der Waals surface area contributed by atoms with E-state index in [9.17, 15) is 10.5 Å². The van der Waals surface area contributed by atoms with Crippen molar-refractivity contribution in [1.29, 1.82) is 10.5 Å². The number of nitrogens with zero attached hydrogens (tertiary/aromatic N) is 7. The first-order chi connectivity index (χ1) is 39.0. The van der Waals surface area contributed by atoms with E-state index in [0.717, 1.165) is 112 Å². The van der Waals surface area contributed by atoms with Gasteiger partial charge < -0.3 is 14.4 Å². The van der Waals surface area contributed by atoms with Gasteiger partial charge in [-0.25, -0.2) is 9.97 Å². The molecule has 7 nitrogen and oxygen atoms in total. The summed E-state index contributed by atoms with van der Waals surface area (Å²) in [7, 11) is 0. The van der Waals surface area contributed by atoms with Crippen molar-refractivity contribution in [2.45, 2.75) is 0 Å². The minimum absolute atomic E-state index is 0.552. The van der Waals surface area contributed by atoms with Gasteiger partial charge in [-0.3, -0.25) is 0 Å². The quantitative estimate of drug-likeness (QED) is 0.121. The molecule has 0 aliphatic rings. The summed E-state index contributed by atoms with van der Waals surface area (Å²) in [5, 5.41) is 21.1. The van der Waals surface area contributed by atoms with Crippen molar-refractivity contribution in [2.75, 3.05) is 9.80 Å². The van der Waals surface area contributed by atoms with Crippen molar-refractivity contribution in [3.05, 3.63) is 296 Å². The van der Waals surface area contributed by atoms with Gasteiger partial charge in [0.1, 0.15) is 0 Å². The van der Waals surface area contributed by atoms with Gasteiger partial charge in [-0.05, 0) is 162 Å². The van der Waals surface area contributed by atoms with Crippen LogP contribution in [0.2, 0.25) is 0 Å². The summed E-state index contributed by atoms with van der Waals surface area (Å²) in [6.07, 6.45) is 0. The molecule has 2 heterocycles. The lowest BCUT2D eigenvalue weighted by Gasteiger charge is -2.26. The van der Waals surface area contributed by atoms with Gasteiger partial charge in [0.25, 0.3) is 0 Å². The highest BCUT2D eigenvalue weighted by Crippen LogP contribution is 2.43. The molecule has 0 aliphatic carbocycles. The van der Waals surface area contributed by atoms with Crippen LogP contribution in [0.15, 0.2) is 285 Å². The molecule has 0 radical (unpaired) electrons. The van der Waals surface area contributed by atoms with Gasteiger partial charge in [0.15, 0.2) is 5.82 Å². The summed E-state index contributed by atoms with van der Waals surface area (Å²) in [5.41, 5.74) is 19.5. The third-order valence-corrected chi connectivity index (χ3v) is 14.5. The Morgan fingerprint density at radius 2 is 0.608 bits per heavy atom. The summed E-state index contributed by atoms with van der Waals surface area (Å²) in [5.74, 6) is 0.552. The van der Waals surface area contributed by atoms with E-state index in [-0.39, 0.29) is 0 Å². The number of para-hydroxylation sites is 4. The van der Waals surface area contributed by atoms with Crippen LogP contribution in [0.5, 0.6) is 0 Å². The average Bonchev–Trinajstić information content (AvgIpc) is 3.91. The molecule has 79 heavy (non-hydrogen) atoms. The fourth-order valence-electron chi connectivity index (χ4n) is 10.5. The van der Waals surface area contributed by atoms with E-state index in [4.69, 9.17) is 9.97 Å². The topological polar surface area (TPSA) is 84.8 Å². The Morgan fingerprint density at radius 3 is 0.962 bits per heavy atom. The molecule has 370 valence electrons. The van der Waals surface area contributed by atoms with Crippen LogP contribution in [0.25, 0.3) is 83.6 Å². The third kappa shape index (κ3) is 9.42. The number of hydrogen-bond acceptors (Lipinski definition) is 6. The largest absolute Gasteiger partial charge is 0.310 e. The van der Waals surface area contributed by atoms with Gasteiger partial charge in [0, 0.05) is 67.3 Å². The van der Waals surface area contributed by atoms with Gasteiger partial charge in [-0.2, -0.15) is 10.5 Å². The molecule has 0 fully saturated rings.